The predicted octanol–water partition coefficient (Wildman–Crippen LogP) is 3.33. The fourth-order valence-electron chi connectivity index (χ4n) is 3.35. The number of aliphatic carboxylic acids is 1. The van der Waals surface area contributed by atoms with Gasteiger partial charge in [0.1, 0.15) is 17.2 Å². The molecule has 32 heavy (non-hydrogen) atoms. The summed E-state index contributed by atoms with van der Waals surface area (Å²) in [4.78, 5) is 19.3. The second-order valence-corrected chi connectivity index (χ2v) is 8.89. The van der Waals surface area contributed by atoms with Crippen LogP contribution in [-0.4, -0.2) is 32.9 Å². The van der Waals surface area contributed by atoms with Crippen molar-refractivity contribution in [1.82, 2.24) is 4.57 Å². The van der Waals surface area contributed by atoms with Gasteiger partial charge in [0, 0.05) is 29.8 Å². The summed E-state index contributed by atoms with van der Waals surface area (Å²) >= 11 is 6.67. The highest BCUT2D eigenvalue weighted by Crippen LogP contribution is 2.27. The summed E-state index contributed by atoms with van der Waals surface area (Å²) in [5.41, 5.74) is 1.83. The molecule has 2 aromatic heterocycles. The number of rotatable bonds is 7. The number of fused-ring (bicyclic) bond motifs is 1. The first kappa shape index (κ1) is 21.8. The molecule has 1 aromatic carbocycles. The number of furan rings is 1. The molecule has 3 heterocycles. The Labute approximate surface area is 191 Å². The SMILES string of the molecule is N=C1N=CN=c2ccc(=c3ccc(=Cc4sc(=S)n(CCCCCC(=O)O)c4O)o3)cc21. The van der Waals surface area contributed by atoms with Gasteiger partial charge >= 0.3 is 5.97 Å². The molecule has 1 aliphatic heterocycles. The molecule has 0 saturated carbocycles. The number of thiazole rings is 1. The average Bonchev–Trinajstić information content (AvgIpc) is 3.33. The van der Waals surface area contributed by atoms with Gasteiger partial charge in [0.25, 0.3) is 0 Å². The van der Waals surface area contributed by atoms with E-state index in [0.29, 0.717) is 43.5 Å². The van der Waals surface area contributed by atoms with Crippen LogP contribution in [0.1, 0.15) is 36.1 Å². The van der Waals surface area contributed by atoms with Crippen LogP contribution >= 0.6 is 23.6 Å². The molecular formula is C22H20N4O4S2. The number of carbonyl (C=O) groups is 1. The van der Waals surface area contributed by atoms with E-state index in [4.69, 9.17) is 27.2 Å². The van der Waals surface area contributed by atoms with Crippen molar-refractivity contribution in [3.63, 3.8) is 0 Å². The first-order valence-corrected chi connectivity index (χ1v) is 11.2. The average molecular weight is 469 g/mol. The molecule has 8 nitrogen and oxygen atoms in total. The lowest BCUT2D eigenvalue weighted by Gasteiger charge is -2.04. The lowest BCUT2D eigenvalue weighted by atomic mass is 10.1. The number of unbranched alkanes of at least 4 members (excludes halogenated alkanes) is 2. The summed E-state index contributed by atoms with van der Waals surface area (Å²) in [6.45, 7) is 0.534. The third-order valence-corrected chi connectivity index (χ3v) is 6.37. The maximum Gasteiger partial charge on any atom is 0.303 e. The second-order valence-electron chi connectivity index (χ2n) is 7.21. The molecule has 0 radical (unpaired) electrons. The molecule has 0 fully saturated rings. The van der Waals surface area contributed by atoms with Gasteiger partial charge < -0.3 is 14.6 Å². The number of amidine groups is 1. The number of aromatic nitrogens is 1. The molecule has 0 aliphatic carbocycles. The smallest absolute Gasteiger partial charge is 0.303 e. The third-order valence-electron chi connectivity index (χ3n) is 4.99. The Kier molecular flexibility index (Phi) is 6.42. The minimum absolute atomic E-state index is 0.0814. The highest BCUT2D eigenvalue weighted by Gasteiger charge is 2.10. The second kappa shape index (κ2) is 9.41. The Balaban J connectivity index is 1.60. The molecule has 3 N–H and O–H groups in total. The summed E-state index contributed by atoms with van der Waals surface area (Å²) in [5, 5.41) is 28.8. The molecule has 3 aromatic rings. The van der Waals surface area contributed by atoms with E-state index in [1.54, 1.807) is 16.7 Å². The van der Waals surface area contributed by atoms with Crippen LogP contribution in [0.3, 0.4) is 0 Å². The van der Waals surface area contributed by atoms with Crippen LogP contribution in [0.15, 0.2) is 44.7 Å². The Bertz CT molecular complexity index is 1500. The first-order valence-electron chi connectivity index (χ1n) is 9.98. The van der Waals surface area contributed by atoms with Crippen molar-refractivity contribution in [1.29, 1.82) is 5.41 Å². The number of nitrogens with zero attached hydrogens (tertiary/aromatic N) is 3. The third kappa shape index (κ3) is 4.76. The first-order chi connectivity index (χ1) is 15.4. The largest absolute Gasteiger partial charge is 0.493 e. The van der Waals surface area contributed by atoms with E-state index in [1.165, 1.54) is 17.7 Å². The van der Waals surface area contributed by atoms with Crippen LogP contribution < -0.4 is 10.8 Å². The van der Waals surface area contributed by atoms with Crippen LogP contribution in [0, 0.1) is 20.0 Å². The Morgan fingerprint density at radius 2 is 2.09 bits per heavy atom. The van der Waals surface area contributed by atoms with Gasteiger partial charge in [-0.05, 0) is 55.4 Å². The van der Waals surface area contributed by atoms with Crippen LogP contribution in [-0.2, 0) is 11.3 Å². The summed E-state index contributed by atoms with van der Waals surface area (Å²) in [5.74, 6) is -0.561. The molecule has 164 valence electrons. The number of aromatic hydroxyl groups is 1. The quantitative estimate of drug-likeness (QED) is 0.362. The van der Waals surface area contributed by atoms with Crippen LogP contribution in [0.5, 0.6) is 5.88 Å². The van der Waals surface area contributed by atoms with Gasteiger partial charge in [-0.2, -0.15) is 0 Å². The zero-order chi connectivity index (χ0) is 22.7. The zero-order valence-electron chi connectivity index (χ0n) is 16.9. The number of aliphatic imine (C=N–C) groups is 1. The van der Waals surface area contributed by atoms with Gasteiger partial charge in [-0.25, -0.2) is 9.98 Å². The summed E-state index contributed by atoms with van der Waals surface area (Å²) in [7, 11) is 0. The van der Waals surface area contributed by atoms with Gasteiger partial charge in [0.2, 0.25) is 5.88 Å². The molecule has 0 atom stereocenters. The Morgan fingerprint density at radius 3 is 2.91 bits per heavy atom. The van der Waals surface area contributed by atoms with E-state index in [9.17, 15) is 9.90 Å². The number of benzene rings is 1. The normalized spacial score (nSPS) is 14.4. The fraction of sp³-hybridized carbons (Fsp3) is 0.227. The molecule has 0 saturated heterocycles. The summed E-state index contributed by atoms with van der Waals surface area (Å²) in [6.07, 6.45) is 5.34. The highest BCUT2D eigenvalue weighted by atomic mass is 32.1. The van der Waals surface area contributed by atoms with Crippen molar-refractivity contribution in [2.24, 2.45) is 9.98 Å². The summed E-state index contributed by atoms with van der Waals surface area (Å²) in [6, 6.07) is 9.16. The van der Waals surface area contributed by atoms with Crippen molar-refractivity contribution in [3.8, 4) is 5.88 Å². The van der Waals surface area contributed by atoms with Crippen molar-refractivity contribution in [2.75, 3.05) is 0 Å². The van der Waals surface area contributed by atoms with Crippen molar-refractivity contribution < 1.29 is 19.4 Å². The van der Waals surface area contributed by atoms with Crippen molar-refractivity contribution >= 4 is 47.8 Å². The number of carboxylic acid groups (broad SMARTS) is 1. The minimum Gasteiger partial charge on any atom is -0.493 e. The molecule has 1 aliphatic rings. The van der Waals surface area contributed by atoms with E-state index in [0.717, 1.165) is 18.1 Å². The fourth-order valence-corrected chi connectivity index (χ4v) is 4.65. The number of hydrogen-bond acceptors (Lipinski definition) is 7. The maximum atomic E-state index is 10.6. The van der Waals surface area contributed by atoms with E-state index < -0.39 is 5.97 Å². The van der Waals surface area contributed by atoms with Crippen LogP contribution in [0.25, 0.3) is 6.08 Å². The van der Waals surface area contributed by atoms with E-state index in [-0.39, 0.29) is 18.1 Å². The highest BCUT2D eigenvalue weighted by molar-refractivity contribution is 7.73. The van der Waals surface area contributed by atoms with Gasteiger partial charge in [-0.1, -0.05) is 6.42 Å². The number of carboxylic acids is 1. The molecule has 0 unspecified atom stereocenters. The lowest BCUT2D eigenvalue weighted by Crippen LogP contribution is -2.17. The summed E-state index contributed by atoms with van der Waals surface area (Å²) < 4.78 is 8.16. The Hall–Kier alpha value is -3.37. The standard InChI is InChI=1S/C22H20N4O4S2/c23-20-15-10-13(5-7-16(15)24-12-25-20)17-8-6-14(30-17)11-18-21(29)26(22(31)32-18)9-3-1-2-4-19(27)28/h5-8,10-12,23,29H,1-4,9H2,(H,27,28). The van der Waals surface area contributed by atoms with Gasteiger partial charge in [0.05, 0.1) is 10.2 Å². The molecule has 0 bridgehead atoms. The lowest BCUT2D eigenvalue weighted by molar-refractivity contribution is -0.137. The van der Waals surface area contributed by atoms with Crippen LogP contribution in [0.2, 0.25) is 0 Å². The van der Waals surface area contributed by atoms with Gasteiger partial charge in [-0.3, -0.25) is 14.8 Å². The van der Waals surface area contributed by atoms with E-state index in [2.05, 4.69) is 9.98 Å². The monoisotopic (exact) mass is 468 g/mol. The van der Waals surface area contributed by atoms with Crippen molar-refractivity contribution in [3.05, 3.63) is 66.1 Å². The molecule has 4 rings (SSSR count). The molecule has 0 amide bonds. The minimum atomic E-state index is -0.799. The predicted molar refractivity (Wildman–Crippen MR) is 123 cm³/mol. The molecule has 10 heteroatoms. The molecule has 0 spiro atoms. The van der Waals surface area contributed by atoms with Gasteiger partial charge in [0.15, 0.2) is 9.79 Å². The van der Waals surface area contributed by atoms with Crippen LogP contribution in [0.4, 0.5) is 0 Å². The van der Waals surface area contributed by atoms with E-state index >= 15 is 0 Å². The molecular weight excluding hydrogens is 448 g/mol. The number of nitrogens with one attached hydrogen (secondary N) is 1. The maximum absolute atomic E-state index is 10.6. The number of hydrogen-bond donors (Lipinski definition) is 3. The van der Waals surface area contributed by atoms with Gasteiger partial charge in [-0.15, -0.1) is 11.3 Å². The van der Waals surface area contributed by atoms with E-state index in [1.807, 2.05) is 24.3 Å². The Morgan fingerprint density at radius 1 is 1.25 bits per heavy atom. The zero-order valence-corrected chi connectivity index (χ0v) is 18.6. The van der Waals surface area contributed by atoms with Crippen molar-refractivity contribution in [2.45, 2.75) is 32.2 Å². The topological polar surface area (TPSA) is 124 Å².